The Labute approximate surface area is 112 Å². The van der Waals surface area contributed by atoms with Crippen LogP contribution in [0.15, 0.2) is 23.4 Å². The Bertz CT molecular complexity index is 497. The largest absolute Gasteiger partial charge is 0.374 e. The molecule has 1 aromatic heterocycles. The molecule has 0 N–H and O–H groups in total. The number of likely N-dealkylation sites (tertiary alicyclic amines) is 1. The summed E-state index contributed by atoms with van der Waals surface area (Å²) in [6, 6.07) is 0.293. The molecule has 19 heavy (non-hydrogen) atoms. The first-order chi connectivity index (χ1) is 9.20. The summed E-state index contributed by atoms with van der Waals surface area (Å²) in [4.78, 5) is 14.4. The predicted octanol–water partition coefficient (Wildman–Crippen LogP) is 1.79. The number of nitrogens with zero attached hydrogens (tertiary/aromatic N) is 2. The Morgan fingerprint density at radius 2 is 2.53 bits per heavy atom. The van der Waals surface area contributed by atoms with E-state index in [-0.39, 0.29) is 12.0 Å². The SMILES string of the molecule is C=CCOC1CC2CC1CN2C(=O)c1cnoc1C. The summed E-state index contributed by atoms with van der Waals surface area (Å²) in [5.74, 6) is 1.08. The minimum absolute atomic E-state index is 0.0356. The van der Waals surface area contributed by atoms with Crippen LogP contribution >= 0.6 is 0 Å². The first-order valence-electron chi connectivity index (χ1n) is 6.65. The van der Waals surface area contributed by atoms with Gasteiger partial charge >= 0.3 is 0 Å². The maximum absolute atomic E-state index is 12.4. The zero-order valence-electron chi connectivity index (χ0n) is 11.0. The number of amides is 1. The van der Waals surface area contributed by atoms with Crippen LogP contribution in [0.5, 0.6) is 0 Å². The van der Waals surface area contributed by atoms with Gasteiger partial charge < -0.3 is 14.2 Å². The van der Waals surface area contributed by atoms with Crippen molar-refractivity contribution in [2.45, 2.75) is 31.9 Å². The second-order valence-electron chi connectivity index (χ2n) is 5.30. The van der Waals surface area contributed by atoms with Gasteiger partial charge in [-0.2, -0.15) is 0 Å². The van der Waals surface area contributed by atoms with Crippen molar-refractivity contribution in [3.63, 3.8) is 0 Å². The number of ether oxygens (including phenoxy) is 1. The van der Waals surface area contributed by atoms with Gasteiger partial charge in [-0.1, -0.05) is 11.2 Å². The Morgan fingerprint density at radius 1 is 1.68 bits per heavy atom. The Hall–Kier alpha value is -1.62. The average Bonchev–Trinajstić information content (AvgIpc) is 3.09. The van der Waals surface area contributed by atoms with Crippen LogP contribution < -0.4 is 0 Å². The van der Waals surface area contributed by atoms with Crippen LogP contribution in [0.4, 0.5) is 0 Å². The molecule has 2 fully saturated rings. The molecule has 3 unspecified atom stereocenters. The summed E-state index contributed by atoms with van der Waals surface area (Å²) in [5.41, 5.74) is 0.580. The van der Waals surface area contributed by atoms with Gasteiger partial charge in [-0.3, -0.25) is 4.79 Å². The van der Waals surface area contributed by atoms with Gasteiger partial charge in [0.25, 0.3) is 5.91 Å². The smallest absolute Gasteiger partial charge is 0.259 e. The Morgan fingerprint density at radius 3 is 3.11 bits per heavy atom. The minimum atomic E-state index is 0.0356. The number of carbonyl (C=O) groups excluding carboxylic acids is 1. The first kappa shape index (κ1) is 12.4. The lowest BCUT2D eigenvalue weighted by Gasteiger charge is -2.31. The van der Waals surface area contributed by atoms with Crippen LogP contribution in [0.1, 0.15) is 29.0 Å². The van der Waals surface area contributed by atoms with E-state index < -0.39 is 0 Å². The molecule has 2 aliphatic rings. The highest BCUT2D eigenvalue weighted by atomic mass is 16.5. The first-order valence-corrected chi connectivity index (χ1v) is 6.65. The van der Waals surface area contributed by atoms with Crippen LogP contribution in [0.25, 0.3) is 0 Å². The summed E-state index contributed by atoms with van der Waals surface area (Å²) in [5, 5.41) is 3.67. The molecule has 1 amide bonds. The monoisotopic (exact) mass is 262 g/mol. The third-order valence-corrected chi connectivity index (χ3v) is 4.15. The summed E-state index contributed by atoms with van der Waals surface area (Å²) in [7, 11) is 0. The molecule has 1 saturated heterocycles. The van der Waals surface area contributed by atoms with E-state index in [1.165, 1.54) is 6.20 Å². The van der Waals surface area contributed by atoms with Gasteiger partial charge in [0.05, 0.1) is 18.9 Å². The number of fused-ring (bicyclic) bond motifs is 2. The molecular formula is C14H18N2O3. The van der Waals surface area contributed by atoms with Gasteiger partial charge in [0, 0.05) is 18.5 Å². The van der Waals surface area contributed by atoms with Crippen LogP contribution in [-0.4, -0.2) is 41.3 Å². The van der Waals surface area contributed by atoms with Crippen LogP contribution in [0, 0.1) is 12.8 Å². The van der Waals surface area contributed by atoms with Crippen molar-refractivity contribution < 1.29 is 14.1 Å². The summed E-state index contributed by atoms with van der Waals surface area (Å²) < 4.78 is 10.7. The van der Waals surface area contributed by atoms with Crippen LogP contribution in [-0.2, 0) is 4.74 Å². The molecule has 5 nitrogen and oxygen atoms in total. The molecule has 3 atom stereocenters. The lowest BCUT2D eigenvalue weighted by Crippen LogP contribution is -2.42. The van der Waals surface area contributed by atoms with E-state index in [9.17, 15) is 4.79 Å². The highest BCUT2D eigenvalue weighted by Gasteiger charge is 2.47. The van der Waals surface area contributed by atoms with E-state index >= 15 is 0 Å². The molecule has 0 radical (unpaired) electrons. The normalized spacial score (nSPS) is 28.9. The summed E-state index contributed by atoms with van der Waals surface area (Å²) >= 11 is 0. The van der Waals surface area contributed by atoms with E-state index in [4.69, 9.17) is 9.26 Å². The molecule has 1 aliphatic heterocycles. The maximum atomic E-state index is 12.4. The van der Waals surface area contributed by atoms with E-state index in [0.29, 0.717) is 29.9 Å². The minimum Gasteiger partial charge on any atom is -0.374 e. The molecule has 1 saturated carbocycles. The van der Waals surface area contributed by atoms with Gasteiger partial charge in [-0.25, -0.2) is 0 Å². The number of piperidine rings is 1. The fourth-order valence-electron chi connectivity index (χ4n) is 3.21. The Balaban J connectivity index is 1.66. The number of carbonyl (C=O) groups is 1. The molecule has 5 heteroatoms. The molecule has 3 rings (SSSR count). The Kier molecular flexibility index (Phi) is 3.14. The molecule has 2 bridgehead atoms. The zero-order chi connectivity index (χ0) is 13.4. The standard InChI is InChI=1S/C14H18N2O3/c1-3-4-18-13-6-11-5-10(13)8-16(11)14(17)12-7-15-19-9(12)2/h3,7,10-11,13H,1,4-6,8H2,2H3. The van der Waals surface area contributed by atoms with Crippen molar-refractivity contribution in [1.82, 2.24) is 10.1 Å². The number of rotatable bonds is 4. The topological polar surface area (TPSA) is 55.6 Å². The summed E-state index contributed by atoms with van der Waals surface area (Å²) in [6.07, 6.45) is 5.52. The number of aromatic nitrogens is 1. The molecular weight excluding hydrogens is 244 g/mol. The van der Waals surface area contributed by atoms with E-state index in [1.54, 1.807) is 13.0 Å². The van der Waals surface area contributed by atoms with Crippen molar-refractivity contribution in [2.75, 3.05) is 13.2 Å². The summed E-state index contributed by atoms with van der Waals surface area (Å²) in [6.45, 7) is 6.80. The zero-order valence-corrected chi connectivity index (χ0v) is 11.0. The quantitative estimate of drug-likeness (QED) is 0.776. The van der Waals surface area contributed by atoms with Crippen molar-refractivity contribution >= 4 is 5.91 Å². The van der Waals surface area contributed by atoms with Gasteiger partial charge in [-0.15, -0.1) is 6.58 Å². The van der Waals surface area contributed by atoms with E-state index in [2.05, 4.69) is 11.7 Å². The van der Waals surface area contributed by atoms with Crippen molar-refractivity contribution in [2.24, 2.45) is 5.92 Å². The van der Waals surface area contributed by atoms with E-state index in [1.807, 2.05) is 4.90 Å². The van der Waals surface area contributed by atoms with Crippen molar-refractivity contribution in [1.29, 1.82) is 0 Å². The average molecular weight is 262 g/mol. The number of hydrogen-bond donors (Lipinski definition) is 0. The maximum Gasteiger partial charge on any atom is 0.259 e. The lowest BCUT2D eigenvalue weighted by molar-refractivity contribution is 0.0144. The fourth-order valence-corrected chi connectivity index (χ4v) is 3.21. The highest BCUT2D eigenvalue weighted by Crippen LogP contribution is 2.40. The predicted molar refractivity (Wildman–Crippen MR) is 68.7 cm³/mol. The van der Waals surface area contributed by atoms with Gasteiger partial charge in [0.15, 0.2) is 0 Å². The molecule has 2 heterocycles. The molecule has 0 aromatic carbocycles. The van der Waals surface area contributed by atoms with Crippen LogP contribution in [0.2, 0.25) is 0 Å². The second-order valence-corrected chi connectivity index (χ2v) is 5.30. The van der Waals surface area contributed by atoms with Crippen molar-refractivity contribution in [3.8, 4) is 0 Å². The lowest BCUT2D eigenvalue weighted by atomic mass is 10.1. The third-order valence-electron chi connectivity index (χ3n) is 4.15. The van der Waals surface area contributed by atoms with Crippen molar-refractivity contribution in [3.05, 3.63) is 30.2 Å². The second kappa shape index (κ2) is 4.81. The van der Waals surface area contributed by atoms with Gasteiger partial charge in [0.2, 0.25) is 0 Å². The third kappa shape index (κ3) is 2.08. The van der Waals surface area contributed by atoms with Gasteiger partial charge in [-0.05, 0) is 19.8 Å². The number of hydrogen-bond acceptors (Lipinski definition) is 4. The molecule has 1 aromatic rings. The van der Waals surface area contributed by atoms with E-state index in [0.717, 1.165) is 19.4 Å². The molecule has 0 spiro atoms. The molecule has 1 aliphatic carbocycles. The number of aryl methyl sites for hydroxylation is 1. The fraction of sp³-hybridized carbons (Fsp3) is 0.571. The molecule has 102 valence electrons. The van der Waals surface area contributed by atoms with Gasteiger partial charge in [0.1, 0.15) is 11.3 Å². The van der Waals surface area contributed by atoms with Crippen LogP contribution in [0.3, 0.4) is 0 Å². The highest BCUT2D eigenvalue weighted by molar-refractivity contribution is 5.95.